The molecule has 0 saturated heterocycles. The van der Waals surface area contributed by atoms with E-state index < -0.39 is 35.3 Å². The Bertz CT molecular complexity index is 1690. The number of Topliss-reactive ketones (excluding diaryl/α,β-unsaturated/α-hetero) is 1. The summed E-state index contributed by atoms with van der Waals surface area (Å²) in [5, 5.41) is 37.6. The SMILES string of the molecule is CC(C)CN1C(=O)c2ccc(C(=O)[C@H](C#N)C(=O)N=NC(=O)c3ccc4c(O)n(CC(C)C)c(O)c4c3)cc2C1=O. The summed E-state index contributed by atoms with van der Waals surface area (Å²) in [6.45, 7) is 8.03. The molecule has 1 aliphatic heterocycles. The number of benzene rings is 2. The normalized spacial score (nSPS) is 13.8. The molecule has 0 saturated carbocycles. The van der Waals surface area contributed by atoms with Crippen LogP contribution in [0.15, 0.2) is 46.6 Å². The highest BCUT2D eigenvalue weighted by Gasteiger charge is 2.37. The molecule has 2 heterocycles. The molecule has 4 rings (SSSR count). The predicted molar refractivity (Wildman–Crippen MR) is 144 cm³/mol. The first kappa shape index (κ1) is 28.8. The number of carbonyl (C=O) groups excluding carboxylic acids is 5. The molecule has 1 aromatic heterocycles. The topological polar surface area (TPSA) is 182 Å². The number of fused-ring (bicyclic) bond motifs is 2. The summed E-state index contributed by atoms with van der Waals surface area (Å²) in [5.74, 6) is -6.52. The van der Waals surface area contributed by atoms with E-state index in [2.05, 4.69) is 10.2 Å². The Balaban J connectivity index is 1.53. The van der Waals surface area contributed by atoms with Gasteiger partial charge in [0.15, 0.2) is 11.7 Å². The Kier molecular flexibility index (Phi) is 7.82. The lowest BCUT2D eigenvalue weighted by Gasteiger charge is -2.15. The molecule has 0 radical (unpaired) electrons. The molecular formula is C29H27N5O7. The molecule has 210 valence electrons. The fraction of sp³-hybridized carbons (Fsp3) is 0.310. The number of nitrogens with zero attached hydrogens (tertiary/aromatic N) is 5. The number of amides is 4. The van der Waals surface area contributed by atoms with Crippen LogP contribution in [0.25, 0.3) is 10.8 Å². The van der Waals surface area contributed by atoms with Crippen molar-refractivity contribution in [1.29, 1.82) is 5.26 Å². The smallest absolute Gasteiger partial charge is 0.295 e. The van der Waals surface area contributed by atoms with E-state index in [4.69, 9.17) is 0 Å². The average Bonchev–Trinajstić information content (AvgIpc) is 3.31. The fourth-order valence-corrected chi connectivity index (χ4v) is 4.56. The van der Waals surface area contributed by atoms with E-state index >= 15 is 0 Å². The standard InChI is InChI=1S/C29H27N5O7/c1-14(2)12-33-26(38)18-7-5-16(9-20(18)28(33)40)23(35)22(11-30)25(37)32-31-24(36)17-6-8-19-21(10-17)29(41)34(27(19)39)13-15(3)4/h5-10,14-15,22,39,41H,12-13H2,1-4H3/t22-/m0/s1. The van der Waals surface area contributed by atoms with E-state index in [-0.39, 0.29) is 57.8 Å². The quantitative estimate of drug-likeness (QED) is 0.179. The molecule has 3 aromatic rings. The first-order valence-corrected chi connectivity index (χ1v) is 12.8. The summed E-state index contributed by atoms with van der Waals surface area (Å²) >= 11 is 0. The van der Waals surface area contributed by atoms with Crippen LogP contribution in [0.5, 0.6) is 11.8 Å². The van der Waals surface area contributed by atoms with Gasteiger partial charge in [-0.1, -0.05) is 33.8 Å². The molecule has 0 bridgehead atoms. The van der Waals surface area contributed by atoms with Crippen molar-refractivity contribution in [1.82, 2.24) is 9.47 Å². The molecule has 2 aromatic carbocycles. The van der Waals surface area contributed by atoms with Crippen molar-refractivity contribution in [2.24, 2.45) is 28.0 Å². The van der Waals surface area contributed by atoms with Crippen LogP contribution in [0.1, 0.15) is 69.1 Å². The van der Waals surface area contributed by atoms with E-state index in [1.807, 2.05) is 27.7 Å². The molecule has 12 nitrogen and oxygen atoms in total. The number of imide groups is 1. The highest BCUT2D eigenvalue weighted by Crippen LogP contribution is 2.37. The van der Waals surface area contributed by atoms with Crippen LogP contribution in [-0.2, 0) is 11.3 Å². The Morgan fingerprint density at radius 1 is 0.829 bits per heavy atom. The van der Waals surface area contributed by atoms with Gasteiger partial charge < -0.3 is 10.2 Å². The van der Waals surface area contributed by atoms with Gasteiger partial charge in [-0.2, -0.15) is 5.26 Å². The Labute approximate surface area is 234 Å². The lowest BCUT2D eigenvalue weighted by molar-refractivity contribution is -0.119. The van der Waals surface area contributed by atoms with Crippen molar-refractivity contribution in [2.45, 2.75) is 34.2 Å². The average molecular weight is 558 g/mol. The van der Waals surface area contributed by atoms with Crippen LogP contribution in [0.2, 0.25) is 0 Å². The van der Waals surface area contributed by atoms with Gasteiger partial charge in [0.25, 0.3) is 23.6 Å². The van der Waals surface area contributed by atoms with Gasteiger partial charge >= 0.3 is 0 Å². The van der Waals surface area contributed by atoms with Gasteiger partial charge in [-0.15, -0.1) is 10.2 Å². The maximum absolute atomic E-state index is 13.0. The van der Waals surface area contributed by atoms with Crippen LogP contribution >= 0.6 is 0 Å². The van der Waals surface area contributed by atoms with E-state index in [0.717, 1.165) is 4.90 Å². The van der Waals surface area contributed by atoms with Crippen LogP contribution < -0.4 is 0 Å². The van der Waals surface area contributed by atoms with Crippen molar-refractivity contribution in [3.8, 4) is 17.8 Å². The third-order valence-corrected chi connectivity index (χ3v) is 6.49. The Hall–Kier alpha value is -5.18. The van der Waals surface area contributed by atoms with Crippen molar-refractivity contribution in [3.63, 3.8) is 0 Å². The summed E-state index contributed by atoms with van der Waals surface area (Å²) in [5.41, 5.74) is -0.0921. The zero-order valence-electron chi connectivity index (χ0n) is 22.8. The number of hydrogen-bond acceptors (Lipinski definition) is 8. The molecule has 0 unspecified atom stereocenters. The first-order valence-electron chi connectivity index (χ1n) is 12.8. The lowest BCUT2D eigenvalue weighted by atomic mass is 9.95. The summed E-state index contributed by atoms with van der Waals surface area (Å²) in [6, 6.07) is 9.28. The zero-order chi connectivity index (χ0) is 30.2. The summed E-state index contributed by atoms with van der Waals surface area (Å²) < 4.78 is 1.31. The number of aromatic nitrogens is 1. The predicted octanol–water partition coefficient (Wildman–Crippen LogP) is 4.10. The maximum atomic E-state index is 13.0. The number of hydrogen-bond donors (Lipinski definition) is 2. The monoisotopic (exact) mass is 557 g/mol. The zero-order valence-corrected chi connectivity index (χ0v) is 22.8. The van der Waals surface area contributed by atoms with Crippen molar-refractivity contribution in [2.75, 3.05) is 6.54 Å². The van der Waals surface area contributed by atoms with Crippen molar-refractivity contribution >= 4 is 40.2 Å². The molecule has 41 heavy (non-hydrogen) atoms. The van der Waals surface area contributed by atoms with E-state index in [0.29, 0.717) is 11.9 Å². The number of ketones is 1. The number of carbonyl (C=O) groups is 5. The lowest BCUT2D eigenvalue weighted by Crippen LogP contribution is -2.33. The Morgan fingerprint density at radius 3 is 2.07 bits per heavy atom. The van der Waals surface area contributed by atoms with E-state index in [1.165, 1.54) is 41.0 Å². The molecule has 2 N–H and O–H groups in total. The molecule has 0 fully saturated rings. The molecule has 1 atom stereocenters. The third-order valence-electron chi connectivity index (χ3n) is 6.49. The van der Waals surface area contributed by atoms with E-state index in [9.17, 15) is 39.4 Å². The second-order valence-corrected chi connectivity index (χ2v) is 10.6. The number of rotatable bonds is 8. The van der Waals surface area contributed by atoms with Crippen molar-refractivity contribution < 1.29 is 34.2 Å². The Morgan fingerprint density at radius 2 is 1.44 bits per heavy atom. The summed E-state index contributed by atoms with van der Waals surface area (Å²) in [7, 11) is 0. The van der Waals surface area contributed by atoms with Gasteiger partial charge in [0.2, 0.25) is 11.8 Å². The second-order valence-electron chi connectivity index (χ2n) is 10.6. The number of aromatic hydroxyl groups is 2. The minimum absolute atomic E-state index is 0.00523. The minimum Gasteiger partial charge on any atom is -0.494 e. The number of azo groups is 1. The first-order chi connectivity index (χ1) is 19.3. The van der Waals surface area contributed by atoms with Crippen LogP contribution in [0, 0.1) is 29.1 Å². The molecule has 1 aliphatic rings. The van der Waals surface area contributed by atoms with Crippen LogP contribution in [0.4, 0.5) is 0 Å². The molecule has 0 aliphatic carbocycles. The third kappa shape index (κ3) is 5.34. The highest BCUT2D eigenvalue weighted by molar-refractivity contribution is 6.22. The second kappa shape index (κ2) is 11.1. The molecule has 0 spiro atoms. The van der Waals surface area contributed by atoms with E-state index in [1.54, 1.807) is 6.07 Å². The fourth-order valence-electron chi connectivity index (χ4n) is 4.56. The van der Waals surface area contributed by atoms with Gasteiger partial charge in [-0.3, -0.25) is 33.4 Å². The molecular weight excluding hydrogens is 530 g/mol. The largest absolute Gasteiger partial charge is 0.494 e. The summed E-state index contributed by atoms with van der Waals surface area (Å²) in [6.07, 6.45) is 0. The number of nitriles is 1. The molecule has 12 heteroatoms. The molecule has 4 amide bonds. The van der Waals surface area contributed by atoms with Crippen molar-refractivity contribution in [3.05, 3.63) is 58.7 Å². The van der Waals surface area contributed by atoms with Gasteiger partial charge in [0, 0.05) is 35.0 Å². The maximum Gasteiger partial charge on any atom is 0.295 e. The van der Waals surface area contributed by atoms with Gasteiger partial charge in [-0.05, 0) is 42.2 Å². The van der Waals surface area contributed by atoms with Gasteiger partial charge in [0.1, 0.15) is 0 Å². The van der Waals surface area contributed by atoms with Crippen LogP contribution in [-0.4, -0.2) is 55.6 Å². The van der Waals surface area contributed by atoms with Gasteiger partial charge in [-0.25, -0.2) is 0 Å². The minimum atomic E-state index is -1.95. The van der Waals surface area contributed by atoms with Gasteiger partial charge in [0.05, 0.1) is 17.2 Å². The van der Waals surface area contributed by atoms with Crippen LogP contribution in [0.3, 0.4) is 0 Å². The summed E-state index contributed by atoms with van der Waals surface area (Å²) in [4.78, 5) is 64.6. The highest BCUT2D eigenvalue weighted by atomic mass is 16.3.